The molecule has 9 heteroatoms. The van der Waals surface area contributed by atoms with Crippen molar-refractivity contribution in [2.24, 2.45) is 101 Å². The van der Waals surface area contributed by atoms with Crippen molar-refractivity contribution in [2.45, 2.75) is 254 Å². The van der Waals surface area contributed by atoms with Crippen LogP contribution >= 0.6 is 0 Å². The predicted octanol–water partition coefficient (Wildman–Crippen LogP) is 18.7. The van der Waals surface area contributed by atoms with Gasteiger partial charge in [-0.15, -0.1) is 6.58 Å². The maximum atomic E-state index is 11.6. The highest BCUT2D eigenvalue weighted by Crippen LogP contribution is 2.33. The van der Waals surface area contributed by atoms with Gasteiger partial charge in [-0.2, -0.15) is 0 Å². The van der Waals surface area contributed by atoms with Crippen LogP contribution in [0.25, 0.3) is 0 Å². The Labute approximate surface area is 479 Å². The summed E-state index contributed by atoms with van der Waals surface area (Å²) in [6.45, 7) is 54.7. The molecule has 0 amide bonds. The van der Waals surface area contributed by atoms with Gasteiger partial charge in [0.05, 0.1) is 24.7 Å². The molecule has 9 nitrogen and oxygen atoms in total. The topological polar surface area (TPSA) is 130 Å². The van der Waals surface area contributed by atoms with E-state index in [0.29, 0.717) is 36.5 Å². The Balaban J connectivity index is 0.00000108. The fourth-order valence-corrected chi connectivity index (χ4v) is 13.8. The van der Waals surface area contributed by atoms with Gasteiger partial charge in [-0.25, -0.2) is 9.59 Å². The number of cyclic esters (lactones) is 6. The van der Waals surface area contributed by atoms with Crippen LogP contribution in [-0.4, -0.2) is 35.8 Å². The van der Waals surface area contributed by atoms with E-state index in [9.17, 15) is 28.8 Å². The third-order valence-corrected chi connectivity index (χ3v) is 15.3. The molecule has 78 heavy (non-hydrogen) atoms. The molecule has 0 radical (unpaired) electrons. The maximum Gasteiger partial charge on any atom is 0.338 e. The van der Waals surface area contributed by atoms with Crippen molar-refractivity contribution in [2.75, 3.05) is 0 Å². The average Bonchev–Trinajstić information content (AvgIpc) is 3.89. The molecule has 3 aliphatic rings. The Kier molecular flexibility index (Phi) is 37.9. The van der Waals surface area contributed by atoms with Crippen LogP contribution in [0.3, 0.4) is 0 Å². The lowest BCUT2D eigenvalue weighted by molar-refractivity contribution is -0.154. The molecule has 0 N–H and O–H groups in total. The van der Waals surface area contributed by atoms with Crippen molar-refractivity contribution in [1.29, 1.82) is 0 Å². The second-order valence-corrected chi connectivity index (χ2v) is 28.1. The van der Waals surface area contributed by atoms with Crippen LogP contribution in [0, 0.1) is 101 Å². The largest absolute Gasteiger partial charge is 0.393 e. The Hall–Kier alpha value is -3.62. The SMILES string of the molecule is C/C(=C\C(C)CC(C)CC(C)CC(C)CC(C)C)CC1CC(=O)OC1=O.C=C(C)CC(C)CC(C)CC(C)CC(C)CC(C)C.C=C(CC(C)CC(C)CC(C)CC(C)CC(C)C)CC1CC(=O)OC1=O.O=C1C=CC(=O)O1. The predicted molar refractivity (Wildman–Crippen MR) is 325 cm³/mol. The van der Waals surface area contributed by atoms with E-state index in [2.05, 4.69) is 172 Å². The van der Waals surface area contributed by atoms with Gasteiger partial charge in [-0.1, -0.05) is 154 Å². The molecule has 2 fully saturated rings. The van der Waals surface area contributed by atoms with E-state index in [1.807, 2.05) is 0 Å². The molecule has 0 saturated carbocycles. The normalized spacial score (nSPS) is 21.1. The Bertz CT molecular complexity index is 1850. The Morgan fingerprint density at radius 3 is 1.00 bits per heavy atom. The number of allylic oxidation sites excluding steroid dienone is 4. The smallest absolute Gasteiger partial charge is 0.338 e. The summed E-state index contributed by atoms with van der Waals surface area (Å²) in [6.07, 6.45) is 24.0. The maximum absolute atomic E-state index is 11.6. The van der Waals surface area contributed by atoms with Gasteiger partial charge in [0.25, 0.3) is 0 Å². The van der Waals surface area contributed by atoms with E-state index >= 15 is 0 Å². The van der Waals surface area contributed by atoms with Crippen LogP contribution < -0.4 is 0 Å². The fourth-order valence-electron chi connectivity index (χ4n) is 13.8. The van der Waals surface area contributed by atoms with Crippen molar-refractivity contribution in [3.8, 4) is 0 Å². The summed E-state index contributed by atoms with van der Waals surface area (Å²) in [5, 5.41) is 0. The zero-order valence-corrected chi connectivity index (χ0v) is 53.9. The van der Waals surface area contributed by atoms with Gasteiger partial charge in [-0.3, -0.25) is 19.2 Å². The second kappa shape index (κ2) is 39.7. The summed E-state index contributed by atoms with van der Waals surface area (Å²) in [6, 6.07) is 0. The van der Waals surface area contributed by atoms with Crippen molar-refractivity contribution in [1.82, 2.24) is 0 Å². The van der Waals surface area contributed by atoms with Crippen molar-refractivity contribution in [3.05, 3.63) is 48.1 Å². The minimum Gasteiger partial charge on any atom is -0.393 e. The average molecular weight is 1090 g/mol. The van der Waals surface area contributed by atoms with Gasteiger partial charge in [-0.05, 0) is 205 Å². The van der Waals surface area contributed by atoms with E-state index in [0.717, 1.165) is 89.2 Å². The van der Waals surface area contributed by atoms with Crippen LogP contribution in [-0.2, 0) is 43.0 Å². The summed E-state index contributed by atoms with van der Waals surface area (Å²) >= 11 is 0. The lowest BCUT2D eigenvalue weighted by Crippen LogP contribution is -2.13. The van der Waals surface area contributed by atoms with E-state index in [1.165, 1.54) is 94.6 Å². The molecule has 3 rings (SSSR count). The molecule has 14 unspecified atom stereocenters. The second-order valence-electron chi connectivity index (χ2n) is 28.1. The molecule has 0 spiro atoms. The highest BCUT2D eigenvalue weighted by Gasteiger charge is 2.34. The molecular weight excluding hydrogens is 973 g/mol. The van der Waals surface area contributed by atoms with Gasteiger partial charge < -0.3 is 14.2 Å². The zero-order chi connectivity index (χ0) is 60.0. The number of hydrogen-bond acceptors (Lipinski definition) is 9. The van der Waals surface area contributed by atoms with Crippen molar-refractivity contribution in [3.63, 3.8) is 0 Å². The van der Waals surface area contributed by atoms with Crippen LogP contribution in [0.1, 0.15) is 254 Å². The summed E-state index contributed by atoms with van der Waals surface area (Å²) < 4.78 is 13.2. The third kappa shape index (κ3) is 38.9. The summed E-state index contributed by atoms with van der Waals surface area (Å²) in [4.78, 5) is 65.4. The van der Waals surface area contributed by atoms with Crippen molar-refractivity contribution >= 4 is 35.8 Å². The number of rotatable bonds is 33. The van der Waals surface area contributed by atoms with Gasteiger partial charge in [0.1, 0.15) is 0 Å². The summed E-state index contributed by atoms with van der Waals surface area (Å²) in [5.74, 6) is 8.23. The first-order valence-electron chi connectivity index (χ1n) is 31.0. The number of ether oxygens (including phenoxy) is 3. The first-order valence-corrected chi connectivity index (χ1v) is 31.0. The molecule has 0 aromatic heterocycles. The quantitative estimate of drug-likeness (QED) is 0.0273. The molecule has 3 aliphatic heterocycles. The number of hydrogen-bond donors (Lipinski definition) is 0. The summed E-state index contributed by atoms with van der Waals surface area (Å²) in [5.41, 5.74) is 3.60. The van der Waals surface area contributed by atoms with E-state index in [1.54, 1.807) is 0 Å². The monoisotopic (exact) mass is 1090 g/mol. The zero-order valence-electron chi connectivity index (χ0n) is 53.9. The molecule has 3 heterocycles. The van der Waals surface area contributed by atoms with E-state index in [4.69, 9.17) is 0 Å². The molecule has 14 atom stereocenters. The minimum absolute atomic E-state index is 0.217. The van der Waals surface area contributed by atoms with Crippen LogP contribution in [0.5, 0.6) is 0 Å². The van der Waals surface area contributed by atoms with Gasteiger partial charge in [0.15, 0.2) is 0 Å². The minimum atomic E-state index is -0.579. The van der Waals surface area contributed by atoms with Crippen molar-refractivity contribution < 1.29 is 43.0 Å². The highest BCUT2D eigenvalue weighted by molar-refractivity contribution is 6.05. The first kappa shape index (κ1) is 74.4. The highest BCUT2D eigenvalue weighted by atomic mass is 16.6. The first-order chi connectivity index (χ1) is 36.1. The molecule has 2 saturated heterocycles. The van der Waals surface area contributed by atoms with Gasteiger partial charge in [0.2, 0.25) is 0 Å². The number of carbonyl (C=O) groups is 6. The molecule has 450 valence electrons. The molecule has 0 aromatic rings. The lowest BCUT2D eigenvalue weighted by atomic mass is 9.82. The standard InChI is InChI=1S/2C23H40O3.C19H38.C4H2O3/c2*1-15(2)8-16(3)9-17(4)10-18(5)11-19(6)12-20(7)13-21-14-22(24)26-23(21)25;1-14(2)9-16(5)11-18(7)13-19(8)12-17(6)10-15(3)4;5-3-1-2-4(6)7-3/h12,15-19,21H,8-11,13-14H2,1-7H3;15-19,21H,7-14H2,1-6H3;15-19H,1,9-13H2,2-8H3;1-2H/b20-12+;;;. The van der Waals surface area contributed by atoms with Crippen LogP contribution in [0.4, 0.5) is 0 Å². The number of esters is 6. The fraction of sp³-hybridized carbons (Fsp3) is 0.797. The Morgan fingerprint density at radius 2 is 0.718 bits per heavy atom. The molecule has 0 aliphatic carbocycles. The van der Waals surface area contributed by atoms with Gasteiger partial charge >= 0.3 is 35.8 Å². The third-order valence-electron chi connectivity index (χ3n) is 15.3. The Morgan fingerprint density at radius 1 is 0.423 bits per heavy atom. The van der Waals surface area contributed by atoms with Crippen LogP contribution in [0.2, 0.25) is 0 Å². The van der Waals surface area contributed by atoms with Gasteiger partial charge in [0, 0.05) is 12.2 Å². The molecular formula is C69H120O9. The molecule has 0 aromatic carbocycles. The van der Waals surface area contributed by atoms with E-state index < -0.39 is 17.9 Å². The van der Waals surface area contributed by atoms with E-state index in [-0.39, 0.29) is 42.6 Å². The number of carbonyl (C=O) groups excluding carboxylic acids is 6. The lowest BCUT2D eigenvalue weighted by Gasteiger charge is -2.24. The molecule has 0 bridgehead atoms. The summed E-state index contributed by atoms with van der Waals surface area (Å²) in [7, 11) is 0. The van der Waals surface area contributed by atoms with Crippen LogP contribution in [0.15, 0.2) is 48.1 Å².